The first kappa shape index (κ1) is 19.8. The van der Waals surface area contributed by atoms with E-state index in [9.17, 15) is 15.3 Å². The number of piperidine rings is 1. The molecule has 1 aromatic heterocycles. The molecule has 4 rings (SSSR count). The zero-order chi connectivity index (χ0) is 21.1. The number of nitrogens with zero attached hydrogens (tertiary/aromatic N) is 2. The Balaban J connectivity index is 1.69. The van der Waals surface area contributed by atoms with E-state index in [2.05, 4.69) is 27.0 Å². The number of H-pyrrole nitrogens is 1. The third kappa shape index (κ3) is 3.84. The van der Waals surface area contributed by atoms with E-state index in [1.165, 1.54) is 7.11 Å². The van der Waals surface area contributed by atoms with Crippen molar-refractivity contribution in [2.24, 2.45) is 0 Å². The highest BCUT2D eigenvalue weighted by atomic mass is 16.5. The molecular weight excluding hydrogens is 384 g/mol. The van der Waals surface area contributed by atoms with Crippen molar-refractivity contribution in [2.75, 3.05) is 25.6 Å². The van der Waals surface area contributed by atoms with Crippen molar-refractivity contribution in [1.82, 2.24) is 15.5 Å². The smallest absolute Gasteiger partial charge is 0.337 e. The summed E-state index contributed by atoms with van der Waals surface area (Å²) in [6.07, 6.45) is 1.81. The summed E-state index contributed by atoms with van der Waals surface area (Å²) in [4.78, 5) is 11.9. The maximum Gasteiger partial charge on any atom is 0.337 e. The molecule has 2 atom stereocenters. The fourth-order valence-electron chi connectivity index (χ4n) is 3.70. The molecule has 0 aliphatic carbocycles. The minimum Gasteiger partial charge on any atom is -0.608 e. The number of rotatable bonds is 5. The maximum absolute atomic E-state index is 12.6. The van der Waals surface area contributed by atoms with Gasteiger partial charge in [0.1, 0.15) is 6.04 Å². The van der Waals surface area contributed by atoms with Crippen molar-refractivity contribution in [1.29, 1.82) is 5.26 Å². The fourth-order valence-corrected chi connectivity index (χ4v) is 3.70. The minimum atomic E-state index is -0.473. The lowest BCUT2D eigenvalue weighted by atomic mass is 9.97. The predicted octanol–water partition coefficient (Wildman–Crippen LogP) is 1.35. The Morgan fingerprint density at radius 2 is 2.23 bits per heavy atom. The molecule has 2 aromatic carbocycles. The van der Waals surface area contributed by atoms with E-state index >= 15 is 0 Å². The van der Waals surface area contributed by atoms with Crippen LogP contribution in [0.3, 0.4) is 0 Å². The number of esters is 1. The maximum atomic E-state index is 12.6. The van der Waals surface area contributed by atoms with Crippen LogP contribution in [0.2, 0.25) is 0 Å². The van der Waals surface area contributed by atoms with Gasteiger partial charge in [-0.25, -0.2) is 10.2 Å². The number of methoxy groups -OCH3 is 1. The van der Waals surface area contributed by atoms with E-state index in [-0.39, 0.29) is 11.2 Å². The van der Waals surface area contributed by atoms with Gasteiger partial charge in [0, 0.05) is 17.4 Å². The number of carbonyl (C=O) groups excluding carboxylic acids is 1. The van der Waals surface area contributed by atoms with Crippen LogP contribution in [0.15, 0.2) is 36.4 Å². The summed E-state index contributed by atoms with van der Waals surface area (Å²) in [5.41, 5.74) is 5.82. The molecule has 1 unspecified atom stereocenters. The molecule has 0 bridgehead atoms. The van der Waals surface area contributed by atoms with Crippen LogP contribution in [0.4, 0.5) is 5.82 Å². The Kier molecular flexibility index (Phi) is 5.63. The number of aromatic nitrogens is 2. The first-order valence-corrected chi connectivity index (χ1v) is 9.73. The van der Waals surface area contributed by atoms with E-state index < -0.39 is 5.97 Å². The number of aromatic amines is 1. The zero-order valence-corrected chi connectivity index (χ0v) is 16.5. The topological polar surface area (TPSA) is 130 Å². The summed E-state index contributed by atoms with van der Waals surface area (Å²) < 4.78 is 4.79. The Morgan fingerprint density at radius 3 is 2.97 bits per heavy atom. The van der Waals surface area contributed by atoms with Crippen molar-refractivity contribution in [3.63, 3.8) is 0 Å². The molecule has 154 valence electrons. The molecule has 0 radical (unpaired) electrons. The van der Waals surface area contributed by atoms with Gasteiger partial charge in [-0.2, -0.15) is 10.4 Å². The molecule has 1 fully saturated rings. The number of anilines is 1. The van der Waals surface area contributed by atoms with Gasteiger partial charge in [-0.05, 0) is 48.9 Å². The number of carbonyl (C=O) groups is 1. The van der Waals surface area contributed by atoms with Gasteiger partial charge in [-0.3, -0.25) is 10.3 Å². The van der Waals surface area contributed by atoms with E-state index in [1.54, 1.807) is 18.2 Å². The normalized spacial score (nSPS) is 17.3. The first-order chi connectivity index (χ1) is 14.6. The highest BCUT2D eigenvalue weighted by Crippen LogP contribution is 2.30. The molecule has 1 aliphatic heterocycles. The molecule has 30 heavy (non-hydrogen) atoms. The SMILES string of the molecule is COC(=O)c1ccc(C#N)c(-c2ccc3[nH]nc(N[NH+]([O-])[C@@H]4CCCNC4)c3c2)c1. The number of hydrogen-bond donors (Lipinski definition) is 4. The van der Waals surface area contributed by atoms with Crippen molar-refractivity contribution >= 4 is 22.7 Å². The van der Waals surface area contributed by atoms with E-state index in [0.717, 1.165) is 35.9 Å². The van der Waals surface area contributed by atoms with Gasteiger partial charge < -0.3 is 15.3 Å². The van der Waals surface area contributed by atoms with Gasteiger partial charge in [-0.1, -0.05) is 6.07 Å². The van der Waals surface area contributed by atoms with Gasteiger partial charge >= 0.3 is 5.97 Å². The molecule has 0 saturated carbocycles. The van der Waals surface area contributed by atoms with E-state index in [0.29, 0.717) is 29.1 Å². The highest BCUT2D eigenvalue weighted by molar-refractivity contribution is 5.95. The number of ether oxygens (including phenoxy) is 1. The first-order valence-electron chi connectivity index (χ1n) is 9.73. The molecule has 9 nitrogen and oxygen atoms in total. The second kappa shape index (κ2) is 8.51. The Bertz CT molecular complexity index is 1110. The van der Waals surface area contributed by atoms with Crippen LogP contribution in [0.5, 0.6) is 0 Å². The molecule has 0 spiro atoms. The second-order valence-corrected chi connectivity index (χ2v) is 7.23. The van der Waals surface area contributed by atoms with Crippen LogP contribution in [0, 0.1) is 16.5 Å². The monoisotopic (exact) mass is 406 g/mol. The number of quaternary nitrogens is 1. The molecule has 9 heteroatoms. The third-order valence-electron chi connectivity index (χ3n) is 5.34. The van der Waals surface area contributed by atoms with Gasteiger partial charge in [0.25, 0.3) is 0 Å². The number of nitrogens with one attached hydrogen (secondary N) is 4. The summed E-state index contributed by atoms with van der Waals surface area (Å²) in [6, 6.07) is 12.4. The molecule has 2 heterocycles. The van der Waals surface area contributed by atoms with E-state index in [4.69, 9.17) is 4.74 Å². The predicted molar refractivity (Wildman–Crippen MR) is 111 cm³/mol. The summed E-state index contributed by atoms with van der Waals surface area (Å²) in [5.74, 6) is -0.0239. The highest BCUT2D eigenvalue weighted by Gasteiger charge is 2.21. The van der Waals surface area contributed by atoms with Crippen molar-refractivity contribution in [3.8, 4) is 17.2 Å². The summed E-state index contributed by atoms with van der Waals surface area (Å²) in [7, 11) is 1.31. The average molecular weight is 406 g/mol. The minimum absolute atomic E-state index is 0.0635. The molecule has 3 aromatic rings. The number of nitriles is 1. The van der Waals surface area contributed by atoms with Crippen LogP contribution < -0.4 is 15.9 Å². The molecular formula is C21H22N6O3. The Labute approximate surface area is 173 Å². The average Bonchev–Trinajstić information content (AvgIpc) is 3.20. The number of hydroxylamine groups is 1. The molecule has 4 N–H and O–H groups in total. The Hall–Kier alpha value is -3.45. The summed E-state index contributed by atoms with van der Waals surface area (Å²) >= 11 is 0. The number of benzene rings is 2. The summed E-state index contributed by atoms with van der Waals surface area (Å²) in [6.45, 7) is 1.59. The van der Waals surface area contributed by atoms with Crippen LogP contribution in [0.25, 0.3) is 22.0 Å². The summed E-state index contributed by atoms with van der Waals surface area (Å²) in [5, 5.41) is 33.2. The van der Waals surface area contributed by atoms with Crippen LogP contribution in [-0.4, -0.2) is 42.4 Å². The van der Waals surface area contributed by atoms with Crippen molar-refractivity contribution in [3.05, 3.63) is 52.7 Å². The number of hydrogen-bond acceptors (Lipinski definition) is 7. The Morgan fingerprint density at radius 1 is 1.37 bits per heavy atom. The van der Waals surface area contributed by atoms with Crippen LogP contribution >= 0.6 is 0 Å². The van der Waals surface area contributed by atoms with Gasteiger partial charge in [0.2, 0.25) is 5.82 Å². The van der Waals surface area contributed by atoms with E-state index in [1.807, 2.05) is 18.2 Å². The van der Waals surface area contributed by atoms with Gasteiger partial charge in [-0.15, -0.1) is 0 Å². The van der Waals surface area contributed by atoms with Crippen LogP contribution in [-0.2, 0) is 4.74 Å². The van der Waals surface area contributed by atoms with Crippen molar-refractivity contribution in [2.45, 2.75) is 18.9 Å². The molecule has 1 aliphatic rings. The lowest BCUT2D eigenvalue weighted by Gasteiger charge is -2.33. The fraction of sp³-hybridized carbons (Fsp3) is 0.286. The zero-order valence-electron chi connectivity index (χ0n) is 16.5. The third-order valence-corrected chi connectivity index (χ3v) is 5.34. The largest absolute Gasteiger partial charge is 0.608 e. The van der Waals surface area contributed by atoms with Crippen LogP contribution in [0.1, 0.15) is 28.8 Å². The molecule has 1 saturated heterocycles. The second-order valence-electron chi connectivity index (χ2n) is 7.23. The van der Waals surface area contributed by atoms with Crippen molar-refractivity contribution < 1.29 is 14.7 Å². The lowest BCUT2D eigenvalue weighted by Crippen LogP contribution is -3.15. The lowest BCUT2D eigenvalue weighted by molar-refractivity contribution is -0.852. The molecule has 0 amide bonds. The van der Waals surface area contributed by atoms with Gasteiger partial charge in [0.15, 0.2) is 0 Å². The standard InChI is InChI=1S/C21H22N6O3/c1-30-21(28)14-4-5-15(11-22)17(10-14)13-6-7-19-18(9-13)20(25-24-19)26-27(29)16-3-2-8-23-12-16/h4-7,9-10,16,23,27H,2-3,8,12H2,1H3,(H2,24,25,26)/t16-/m1/s1. The quantitative estimate of drug-likeness (QED) is 0.372. The van der Waals surface area contributed by atoms with Gasteiger partial charge in [0.05, 0.1) is 36.4 Å². The number of fused-ring (bicyclic) bond motifs is 1.